The second kappa shape index (κ2) is 8.05. The lowest BCUT2D eigenvalue weighted by Gasteiger charge is -2.12. The molecule has 0 saturated heterocycles. The van der Waals surface area contributed by atoms with Gasteiger partial charge in [0.1, 0.15) is 4.90 Å². The first-order valence-electron chi connectivity index (χ1n) is 8.68. The highest BCUT2D eigenvalue weighted by Crippen LogP contribution is 2.33. The number of hydrogen-bond donors (Lipinski definition) is 3. The molecule has 3 N–H and O–H groups in total. The topological polar surface area (TPSA) is 112 Å². The van der Waals surface area contributed by atoms with Gasteiger partial charge < -0.3 is 9.97 Å². The first kappa shape index (κ1) is 21.5. The molecule has 11 heteroatoms. The van der Waals surface area contributed by atoms with E-state index in [4.69, 9.17) is 34.8 Å². The molecule has 0 atom stereocenters. The smallest absolute Gasteiger partial charge is 0.314 e. The van der Waals surface area contributed by atoms with Gasteiger partial charge in [-0.05, 0) is 42.0 Å². The van der Waals surface area contributed by atoms with Crippen molar-refractivity contribution in [2.75, 3.05) is 4.72 Å². The highest BCUT2D eigenvalue weighted by atomic mass is 35.5. The Labute approximate surface area is 190 Å². The zero-order valence-corrected chi connectivity index (χ0v) is 18.5. The molecule has 31 heavy (non-hydrogen) atoms. The molecule has 0 bridgehead atoms. The van der Waals surface area contributed by atoms with Gasteiger partial charge in [-0.25, -0.2) is 8.42 Å². The fourth-order valence-electron chi connectivity index (χ4n) is 3.00. The predicted molar refractivity (Wildman–Crippen MR) is 123 cm³/mol. The maximum atomic E-state index is 12.9. The van der Waals surface area contributed by atoms with Crippen molar-refractivity contribution in [3.05, 3.63) is 90.4 Å². The minimum Gasteiger partial charge on any atom is -0.316 e. The third kappa shape index (κ3) is 4.33. The second-order valence-corrected chi connectivity index (χ2v) is 9.45. The summed E-state index contributed by atoms with van der Waals surface area (Å²) in [5.74, 6) is 0. The molecule has 0 radical (unpaired) electrons. The standard InChI is InChI=1S/C20H12Cl3N3O4S/c21-11-3-1-2-10(6-11)13-5-4-12(7-14(13)22)26-31(29,30)18-9-17-16(8-15(18)23)24-19(27)20(28)25-17/h1-9,26H,(H,24,27)(H,25,28). The van der Waals surface area contributed by atoms with E-state index in [9.17, 15) is 18.0 Å². The summed E-state index contributed by atoms with van der Waals surface area (Å²) in [6, 6.07) is 14.2. The molecular weight excluding hydrogens is 485 g/mol. The van der Waals surface area contributed by atoms with Crippen LogP contribution in [0.5, 0.6) is 0 Å². The van der Waals surface area contributed by atoms with Crippen molar-refractivity contribution >= 4 is 61.5 Å². The van der Waals surface area contributed by atoms with Crippen LogP contribution in [0.15, 0.2) is 69.1 Å². The lowest BCUT2D eigenvalue weighted by molar-refractivity contribution is 0.601. The van der Waals surface area contributed by atoms with Crippen molar-refractivity contribution in [1.29, 1.82) is 0 Å². The second-order valence-electron chi connectivity index (χ2n) is 6.55. The highest BCUT2D eigenvalue weighted by molar-refractivity contribution is 7.92. The Kier molecular flexibility index (Phi) is 5.57. The molecule has 1 heterocycles. The van der Waals surface area contributed by atoms with E-state index >= 15 is 0 Å². The van der Waals surface area contributed by atoms with Gasteiger partial charge in [-0.15, -0.1) is 0 Å². The summed E-state index contributed by atoms with van der Waals surface area (Å²) in [6.07, 6.45) is 0. The number of nitrogens with one attached hydrogen (secondary N) is 3. The minimum atomic E-state index is -4.14. The zero-order valence-electron chi connectivity index (χ0n) is 15.4. The van der Waals surface area contributed by atoms with Crippen LogP contribution in [0, 0.1) is 0 Å². The van der Waals surface area contributed by atoms with E-state index in [0.29, 0.717) is 15.6 Å². The van der Waals surface area contributed by atoms with Crippen LogP contribution in [0.4, 0.5) is 5.69 Å². The van der Waals surface area contributed by atoms with Gasteiger partial charge in [-0.1, -0.05) is 53.0 Å². The predicted octanol–water partition coefficient (Wildman–Crippen LogP) is 4.64. The van der Waals surface area contributed by atoms with E-state index < -0.39 is 21.1 Å². The number of aromatic amines is 2. The van der Waals surface area contributed by atoms with Crippen LogP contribution in [-0.2, 0) is 10.0 Å². The van der Waals surface area contributed by atoms with E-state index in [1.54, 1.807) is 30.3 Å². The van der Waals surface area contributed by atoms with E-state index in [2.05, 4.69) is 14.7 Å². The molecule has 4 rings (SSSR count). The fraction of sp³-hybridized carbons (Fsp3) is 0. The van der Waals surface area contributed by atoms with Gasteiger partial charge >= 0.3 is 11.1 Å². The normalized spacial score (nSPS) is 11.6. The summed E-state index contributed by atoms with van der Waals surface area (Å²) in [5, 5.41) is 0.724. The van der Waals surface area contributed by atoms with Gasteiger partial charge in [-0.3, -0.25) is 14.3 Å². The van der Waals surface area contributed by atoms with Crippen molar-refractivity contribution < 1.29 is 8.42 Å². The molecule has 158 valence electrons. The summed E-state index contributed by atoms with van der Waals surface area (Å²) >= 11 is 18.5. The highest BCUT2D eigenvalue weighted by Gasteiger charge is 2.20. The van der Waals surface area contributed by atoms with E-state index in [1.165, 1.54) is 18.2 Å². The van der Waals surface area contributed by atoms with Crippen LogP contribution in [-0.4, -0.2) is 18.4 Å². The molecule has 3 aromatic carbocycles. The first-order chi connectivity index (χ1) is 14.6. The van der Waals surface area contributed by atoms with Crippen molar-refractivity contribution in [3.63, 3.8) is 0 Å². The largest absolute Gasteiger partial charge is 0.316 e. The molecule has 0 aliphatic heterocycles. The average Bonchev–Trinajstić information content (AvgIpc) is 2.68. The number of fused-ring (bicyclic) bond motifs is 1. The number of rotatable bonds is 4. The lowest BCUT2D eigenvalue weighted by atomic mass is 10.1. The Balaban J connectivity index is 1.71. The molecule has 4 aromatic rings. The summed E-state index contributed by atoms with van der Waals surface area (Å²) in [5.41, 5.74) is 0.203. The molecule has 0 amide bonds. The summed E-state index contributed by atoms with van der Waals surface area (Å²) < 4.78 is 28.2. The quantitative estimate of drug-likeness (QED) is 0.357. The lowest BCUT2D eigenvalue weighted by Crippen LogP contribution is -2.29. The van der Waals surface area contributed by atoms with Crippen LogP contribution in [0.25, 0.3) is 22.2 Å². The van der Waals surface area contributed by atoms with Crippen LogP contribution in [0.1, 0.15) is 0 Å². The number of benzene rings is 3. The third-order valence-electron chi connectivity index (χ3n) is 4.42. The Morgan fingerprint density at radius 2 is 1.45 bits per heavy atom. The van der Waals surface area contributed by atoms with Crippen LogP contribution in [0.3, 0.4) is 0 Å². The molecule has 0 aliphatic rings. The number of hydrogen-bond acceptors (Lipinski definition) is 4. The summed E-state index contributed by atoms with van der Waals surface area (Å²) in [6.45, 7) is 0. The summed E-state index contributed by atoms with van der Waals surface area (Å²) in [4.78, 5) is 27.4. The molecule has 1 aromatic heterocycles. The van der Waals surface area contributed by atoms with Gasteiger partial charge in [0.2, 0.25) is 0 Å². The number of anilines is 1. The summed E-state index contributed by atoms with van der Waals surface area (Å²) in [7, 11) is -4.14. The number of sulfonamides is 1. The van der Waals surface area contributed by atoms with Crippen LogP contribution >= 0.6 is 34.8 Å². The van der Waals surface area contributed by atoms with Crippen molar-refractivity contribution in [3.8, 4) is 11.1 Å². The van der Waals surface area contributed by atoms with Gasteiger partial charge in [0.05, 0.1) is 26.8 Å². The maximum absolute atomic E-state index is 12.9. The van der Waals surface area contributed by atoms with Gasteiger partial charge in [-0.2, -0.15) is 0 Å². The fourth-order valence-corrected chi connectivity index (χ4v) is 5.09. The van der Waals surface area contributed by atoms with E-state index in [0.717, 1.165) is 5.56 Å². The Morgan fingerprint density at radius 1 is 0.774 bits per heavy atom. The number of H-pyrrole nitrogens is 2. The molecule has 0 aliphatic carbocycles. The van der Waals surface area contributed by atoms with Crippen molar-refractivity contribution in [1.82, 2.24) is 9.97 Å². The maximum Gasteiger partial charge on any atom is 0.314 e. The SMILES string of the molecule is O=c1[nH]c2cc(Cl)c(S(=O)(=O)Nc3ccc(-c4cccc(Cl)c4)c(Cl)c3)cc2[nH]c1=O. The molecular formula is C20H12Cl3N3O4S. The minimum absolute atomic E-state index is 0.115. The average molecular weight is 497 g/mol. The van der Waals surface area contributed by atoms with Crippen LogP contribution in [0.2, 0.25) is 15.1 Å². The zero-order chi connectivity index (χ0) is 22.3. The molecule has 7 nitrogen and oxygen atoms in total. The first-order valence-corrected chi connectivity index (χ1v) is 11.3. The van der Waals surface area contributed by atoms with Gasteiger partial charge in [0.25, 0.3) is 10.0 Å². The molecule has 0 saturated carbocycles. The van der Waals surface area contributed by atoms with Gasteiger partial charge in [0, 0.05) is 10.6 Å². The molecule has 0 fully saturated rings. The monoisotopic (exact) mass is 495 g/mol. The number of halogens is 3. The van der Waals surface area contributed by atoms with Crippen LogP contribution < -0.4 is 15.8 Å². The third-order valence-corrected chi connectivity index (χ3v) is 6.81. The van der Waals surface area contributed by atoms with E-state index in [1.807, 2.05) is 6.07 Å². The van der Waals surface area contributed by atoms with E-state index in [-0.39, 0.29) is 26.6 Å². The molecule has 0 unspecified atom stereocenters. The van der Waals surface area contributed by atoms with Crippen molar-refractivity contribution in [2.24, 2.45) is 0 Å². The van der Waals surface area contributed by atoms with Crippen molar-refractivity contribution in [2.45, 2.75) is 4.90 Å². The Bertz CT molecular complexity index is 1560. The Hall–Kier alpha value is -2.78. The number of aromatic nitrogens is 2. The Morgan fingerprint density at radius 3 is 2.10 bits per heavy atom. The van der Waals surface area contributed by atoms with Gasteiger partial charge in [0.15, 0.2) is 0 Å². The molecule has 0 spiro atoms.